The molecule has 8 nitrogen and oxygen atoms in total. The standard InChI is InChI=1S/C32H45ClN4O4/c1-3-22-7-4-8-25(19-22)28-27(14-17-35-29(28)33)32(41,15-6-16-36-31(39)40)26-9-5-18-37(21-26)30(38)24-12-10-23(11-13-24)20-34-2/h4,7-8,14,17,19,23-24,26,34,36,41H,3,5-6,9-13,15-16,18,20-21H2,1-2H3,(H,39,40)/t23?,24?,26-,32+/m1/s1. The lowest BCUT2D eigenvalue weighted by atomic mass is 9.72. The van der Waals surface area contributed by atoms with Gasteiger partial charge in [0.2, 0.25) is 5.91 Å². The van der Waals surface area contributed by atoms with Crippen molar-refractivity contribution in [1.82, 2.24) is 20.5 Å². The Hall–Kier alpha value is -2.68. The molecule has 1 aromatic heterocycles. The molecule has 4 N–H and O–H groups in total. The summed E-state index contributed by atoms with van der Waals surface area (Å²) < 4.78 is 0. The van der Waals surface area contributed by atoms with Crippen LogP contribution in [0.2, 0.25) is 5.15 Å². The lowest BCUT2D eigenvalue weighted by Gasteiger charge is -2.44. The van der Waals surface area contributed by atoms with Crippen LogP contribution in [0.1, 0.15) is 69.4 Å². The molecule has 224 valence electrons. The second-order valence-corrected chi connectivity index (χ2v) is 12.1. The molecule has 0 radical (unpaired) electrons. The van der Waals surface area contributed by atoms with Crippen LogP contribution in [0.3, 0.4) is 0 Å². The van der Waals surface area contributed by atoms with E-state index in [1.54, 1.807) is 6.20 Å². The third kappa shape index (κ3) is 7.59. The number of carbonyl (C=O) groups is 2. The van der Waals surface area contributed by atoms with Crippen molar-refractivity contribution in [3.63, 3.8) is 0 Å². The van der Waals surface area contributed by atoms with Gasteiger partial charge in [-0.25, -0.2) is 9.78 Å². The van der Waals surface area contributed by atoms with E-state index in [1.165, 1.54) is 0 Å². The molecule has 2 fully saturated rings. The van der Waals surface area contributed by atoms with Crippen molar-refractivity contribution >= 4 is 23.6 Å². The summed E-state index contributed by atoms with van der Waals surface area (Å²) in [6, 6.07) is 9.96. The quantitative estimate of drug-likeness (QED) is 0.206. The van der Waals surface area contributed by atoms with Crippen molar-refractivity contribution in [2.45, 2.75) is 70.3 Å². The Balaban J connectivity index is 1.63. The van der Waals surface area contributed by atoms with Gasteiger partial charge in [0, 0.05) is 43.2 Å². The first kappa shape index (κ1) is 31.3. The number of halogens is 1. The molecular formula is C32H45ClN4O4. The minimum absolute atomic E-state index is 0.0393. The number of hydrogen-bond donors (Lipinski definition) is 4. The van der Waals surface area contributed by atoms with Crippen LogP contribution in [-0.2, 0) is 16.8 Å². The monoisotopic (exact) mass is 584 g/mol. The molecule has 2 atom stereocenters. The predicted octanol–water partition coefficient (Wildman–Crippen LogP) is 5.46. The van der Waals surface area contributed by atoms with Gasteiger partial charge in [0.05, 0.1) is 5.60 Å². The van der Waals surface area contributed by atoms with Crippen molar-refractivity contribution in [2.24, 2.45) is 17.8 Å². The van der Waals surface area contributed by atoms with Crippen LogP contribution in [0.25, 0.3) is 11.1 Å². The highest BCUT2D eigenvalue weighted by atomic mass is 35.5. The van der Waals surface area contributed by atoms with Gasteiger partial charge in [0.15, 0.2) is 0 Å². The van der Waals surface area contributed by atoms with Crippen LogP contribution in [-0.4, -0.2) is 65.3 Å². The fourth-order valence-corrected chi connectivity index (χ4v) is 7.13. The van der Waals surface area contributed by atoms with E-state index in [-0.39, 0.29) is 24.3 Å². The Morgan fingerprint density at radius 2 is 1.95 bits per heavy atom. The fraction of sp³-hybridized carbons (Fsp3) is 0.594. The Labute approximate surface area is 248 Å². The molecule has 4 rings (SSSR count). The summed E-state index contributed by atoms with van der Waals surface area (Å²) >= 11 is 6.74. The smallest absolute Gasteiger partial charge is 0.404 e. The summed E-state index contributed by atoms with van der Waals surface area (Å²) in [6.45, 7) is 4.48. The average molecular weight is 585 g/mol. The number of rotatable bonds is 11. The van der Waals surface area contributed by atoms with E-state index >= 15 is 0 Å². The number of nitrogens with one attached hydrogen (secondary N) is 2. The first-order valence-electron chi connectivity index (χ1n) is 15.1. The molecule has 2 aliphatic rings. The van der Waals surface area contributed by atoms with Crippen LogP contribution in [0.4, 0.5) is 4.79 Å². The van der Waals surface area contributed by atoms with E-state index in [1.807, 2.05) is 30.1 Å². The molecule has 1 aliphatic carbocycles. The Morgan fingerprint density at radius 3 is 2.66 bits per heavy atom. The predicted molar refractivity (Wildman–Crippen MR) is 162 cm³/mol. The van der Waals surface area contributed by atoms with Crippen LogP contribution in [0.15, 0.2) is 36.5 Å². The number of aromatic nitrogens is 1. The molecule has 2 amide bonds. The highest BCUT2D eigenvalue weighted by Crippen LogP contribution is 2.45. The summed E-state index contributed by atoms with van der Waals surface area (Å²) in [6.07, 6.45) is 7.68. The maximum absolute atomic E-state index is 13.7. The van der Waals surface area contributed by atoms with E-state index in [9.17, 15) is 14.7 Å². The number of nitrogens with zero attached hydrogens (tertiary/aromatic N) is 2. The number of benzene rings is 1. The van der Waals surface area contributed by atoms with E-state index in [2.05, 4.69) is 34.7 Å². The van der Waals surface area contributed by atoms with Crippen molar-refractivity contribution in [3.8, 4) is 11.1 Å². The maximum Gasteiger partial charge on any atom is 0.404 e. The van der Waals surface area contributed by atoms with Crippen molar-refractivity contribution in [1.29, 1.82) is 0 Å². The molecule has 1 aromatic carbocycles. The third-order valence-electron chi connectivity index (χ3n) is 9.10. The van der Waals surface area contributed by atoms with Crippen molar-refractivity contribution in [2.75, 3.05) is 33.2 Å². The molecule has 0 bridgehead atoms. The lowest BCUT2D eigenvalue weighted by molar-refractivity contribution is -0.142. The van der Waals surface area contributed by atoms with Crippen LogP contribution in [0, 0.1) is 17.8 Å². The van der Waals surface area contributed by atoms with Gasteiger partial charge in [0.25, 0.3) is 0 Å². The number of likely N-dealkylation sites (tertiary alicyclic amines) is 1. The molecule has 0 spiro atoms. The van der Waals surface area contributed by atoms with Gasteiger partial charge >= 0.3 is 6.09 Å². The van der Waals surface area contributed by atoms with Gasteiger partial charge in [-0.15, -0.1) is 0 Å². The van der Waals surface area contributed by atoms with Crippen LogP contribution < -0.4 is 10.6 Å². The second kappa shape index (κ2) is 14.5. The Bertz CT molecular complexity index is 1190. The first-order chi connectivity index (χ1) is 19.8. The second-order valence-electron chi connectivity index (χ2n) is 11.7. The maximum atomic E-state index is 13.7. The number of pyridine rings is 1. The molecule has 2 aromatic rings. The average Bonchev–Trinajstić information content (AvgIpc) is 2.99. The molecule has 2 heterocycles. The summed E-state index contributed by atoms with van der Waals surface area (Å²) in [7, 11) is 1.98. The van der Waals surface area contributed by atoms with Gasteiger partial charge in [-0.05, 0) is 100 Å². The zero-order valence-electron chi connectivity index (χ0n) is 24.4. The zero-order valence-corrected chi connectivity index (χ0v) is 25.1. The van der Waals surface area contributed by atoms with Gasteiger partial charge in [-0.3, -0.25) is 4.79 Å². The van der Waals surface area contributed by atoms with Crippen LogP contribution in [0.5, 0.6) is 0 Å². The van der Waals surface area contributed by atoms with Gasteiger partial charge in [0.1, 0.15) is 5.15 Å². The minimum Gasteiger partial charge on any atom is -0.465 e. The molecule has 0 unspecified atom stereocenters. The molecule has 1 aliphatic heterocycles. The zero-order chi connectivity index (χ0) is 29.4. The van der Waals surface area contributed by atoms with E-state index < -0.39 is 11.7 Å². The minimum atomic E-state index is -1.33. The molecule has 9 heteroatoms. The summed E-state index contributed by atoms with van der Waals surface area (Å²) in [5.41, 5.74) is 2.11. The molecule has 1 saturated carbocycles. The largest absolute Gasteiger partial charge is 0.465 e. The fourth-order valence-electron chi connectivity index (χ4n) is 6.86. The van der Waals surface area contributed by atoms with E-state index in [4.69, 9.17) is 16.7 Å². The summed E-state index contributed by atoms with van der Waals surface area (Å²) in [5, 5.41) is 27.8. The Kier molecular flexibility index (Phi) is 11.0. The summed E-state index contributed by atoms with van der Waals surface area (Å²) in [4.78, 5) is 31.2. The number of piperidine rings is 1. The highest BCUT2D eigenvalue weighted by Gasteiger charge is 2.44. The number of aliphatic hydroxyl groups is 1. The summed E-state index contributed by atoms with van der Waals surface area (Å²) in [5.74, 6) is 0.648. The number of amides is 2. The highest BCUT2D eigenvalue weighted by molar-refractivity contribution is 6.32. The van der Waals surface area contributed by atoms with Crippen molar-refractivity contribution in [3.05, 3.63) is 52.8 Å². The molecular weight excluding hydrogens is 540 g/mol. The topological polar surface area (TPSA) is 115 Å². The van der Waals surface area contributed by atoms with Gasteiger partial charge in [-0.1, -0.05) is 42.8 Å². The van der Waals surface area contributed by atoms with E-state index in [0.717, 1.165) is 62.6 Å². The number of carboxylic acid groups (broad SMARTS) is 1. The third-order valence-corrected chi connectivity index (χ3v) is 9.39. The molecule has 41 heavy (non-hydrogen) atoms. The van der Waals surface area contributed by atoms with Gasteiger partial charge in [-0.2, -0.15) is 0 Å². The first-order valence-corrected chi connectivity index (χ1v) is 15.5. The van der Waals surface area contributed by atoms with E-state index in [0.29, 0.717) is 48.1 Å². The SMILES string of the molecule is CCc1cccc(-c2c([C@](O)(CCCNC(=O)O)[C@@H]3CCCN(C(=O)C4CCC(CNC)CC4)C3)ccnc2Cl)c1. The molecule has 1 saturated heterocycles. The van der Waals surface area contributed by atoms with Crippen LogP contribution >= 0.6 is 11.6 Å². The Morgan fingerprint density at radius 1 is 1.17 bits per heavy atom. The number of carbonyl (C=O) groups excluding carboxylic acids is 1. The van der Waals surface area contributed by atoms with Crippen molar-refractivity contribution < 1.29 is 19.8 Å². The normalized spacial score (nSPS) is 22.6. The number of aryl methyl sites for hydroxylation is 1. The number of hydrogen-bond acceptors (Lipinski definition) is 5. The lowest BCUT2D eigenvalue weighted by Crippen LogP contribution is -2.50. The van der Waals surface area contributed by atoms with Gasteiger partial charge < -0.3 is 25.7 Å².